The molecule has 0 fully saturated rings. The zero-order valence-corrected chi connectivity index (χ0v) is 6.92. The quantitative estimate of drug-likeness (QED) is 0.347. The van der Waals surface area contributed by atoms with E-state index in [0.29, 0.717) is 0 Å². The van der Waals surface area contributed by atoms with Gasteiger partial charge in [-0.25, -0.2) is 0 Å². The molecule has 6 nitrogen and oxygen atoms in total. The Morgan fingerprint density at radius 2 is 2.00 bits per heavy atom. The van der Waals surface area contributed by atoms with Crippen molar-refractivity contribution in [3.63, 3.8) is 0 Å². The van der Waals surface area contributed by atoms with E-state index < -0.39 is 18.8 Å². The van der Waals surface area contributed by atoms with E-state index in [9.17, 15) is 4.91 Å². The number of hydrogen-bond donors (Lipinski definition) is 3. The van der Waals surface area contributed by atoms with Crippen LogP contribution in [0.3, 0.4) is 0 Å². The summed E-state index contributed by atoms with van der Waals surface area (Å²) in [4.78, 5) is 10.1. The fourth-order valence-electron chi connectivity index (χ4n) is 0.747. The number of nitroso groups, excluding NO2 is 1. The highest BCUT2D eigenvalue weighted by atomic mass is 16.3. The van der Waals surface area contributed by atoms with Crippen molar-refractivity contribution < 1.29 is 15.3 Å². The lowest BCUT2D eigenvalue weighted by atomic mass is 10.3. The molecule has 0 saturated carbocycles. The topological polar surface area (TPSA) is 93.4 Å². The average Bonchev–Trinajstić information content (AvgIpc) is 2.02. The summed E-state index contributed by atoms with van der Waals surface area (Å²) in [5.74, 6) is 0. The molecule has 3 N–H and O–H groups in total. The minimum absolute atomic E-state index is 0.0561. The van der Waals surface area contributed by atoms with E-state index in [1.54, 1.807) is 0 Å². The highest BCUT2D eigenvalue weighted by molar-refractivity contribution is 4.62. The summed E-state index contributed by atoms with van der Waals surface area (Å²) in [6.07, 6.45) is -1.69. The summed E-state index contributed by atoms with van der Waals surface area (Å²) < 4.78 is 0. The molecular formula is C6H14N2O4. The van der Waals surface area contributed by atoms with E-state index in [4.69, 9.17) is 15.3 Å². The lowest BCUT2D eigenvalue weighted by Crippen LogP contribution is -2.34. The summed E-state index contributed by atoms with van der Waals surface area (Å²) in [5.41, 5.74) is 0. The molecule has 2 atom stereocenters. The maximum Gasteiger partial charge on any atom is 0.0963 e. The normalized spacial score (nSPS) is 15.3. The number of hydrogen-bond acceptors (Lipinski definition) is 5. The van der Waals surface area contributed by atoms with Crippen molar-refractivity contribution in [2.45, 2.75) is 19.1 Å². The summed E-state index contributed by atoms with van der Waals surface area (Å²) in [5, 5.41) is 29.7. The van der Waals surface area contributed by atoms with Gasteiger partial charge in [0.2, 0.25) is 0 Å². The van der Waals surface area contributed by atoms with E-state index in [1.807, 2.05) is 0 Å². The molecule has 0 spiro atoms. The molecule has 0 radical (unpaired) electrons. The van der Waals surface area contributed by atoms with Gasteiger partial charge in [0, 0.05) is 0 Å². The van der Waals surface area contributed by atoms with Crippen molar-refractivity contribution in [1.29, 1.82) is 0 Å². The first-order valence-corrected chi connectivity index (χ1v) is 3.65. The second-order valence-electron chi connectivity index (χ2n) is 2.64. The second-order valence-corrected chi connectivity index (χ2v) is 2.64. The number of aliphatic hydroxyl groups is 3. The minimum atomic E-state index is -0.999. The molecule has 0 aromatic heterocycles. The van der Waals surface area contributed by atoms with Gasteiger partial charge in [-0.1, -0.05) is 0 Å². The highest BCUT2D eigenvalue weighted by Gasteiger charge is 2.11. The minimum Gasteiger partial charge on any atom is -0.394 e. The molecule has 0 heterocycles. The van der Waals surface area contributed by atoms with Crippen LogP contribution in [0.5, 0.6) is 0 Å². The molecule has 2 unspecified atom stereocenters. The number of rotatable bonds is 6. The van der Waals surface area contributed by atoms with E-state index in [1.165, 1.54) is 6.92 Å². The van der Waals surface area contributed by atoms with Crippen LogP contribution in [0, 0.1) is 4.91 Å². The fourth-order valence-corrected chi connectivity index (χ4v) is 0.747. The molecule has 0 aromatic rings. The largest absolute Gasteiger partial charge is 0.394 e. The van der Waals surface area contributed by atoms with E-state index in [0.717, 1.165) is 5.01 Å². The first-order chi connectivity index (χ1) is 5.60. The van der Waals surface area contributed by atoms with Gasteiger partial charge in [0.25, 0.3) is 0 Å². The lowest BCUT2D eigenvalue weighted by molar-refractivity contribution is 0.0430. The van der Waals surface area contributed by atoms with E-state index >= 15 is 0 Å². The van der Waals surface area contributed by atoms with Gasteiger partial charge in [0.15, 0.2) is 0 Å². The number of nitrogens with zero attached hydrogens (tertiary/aromatic N) is 2. The summed E-state index contributed by atoms with van der Waals surface area (Å²) >= 11 is 0. The molecule has 0 aliphatic heterocycles. The van der Waals surface area contributed by atoms with Crippen LogP contribution in [0.2, 0.25) is 0 Å². The molecule has 0 aliphatic carbocycles. The standard InChI is InChI=1S/C6H14N2O4/c1-5(10)2-8(7-12)3-6(11)4-9/h5-6,9-11H,2-4H2,1H3. The van der Waals surface area contributed by atoms with Crippen LogP contribution in [0.15, 0.2) is 5.29 Å². The van der Waals surface area contributed by atoms with Gasteiger partial charge in [-0.05, 0) is 6.92 Å². The van der Waals surface area contributed by atoms with Crippen molar-refractivity contribution in [2.75, 3.05) is 19.7 Å². The molecule has 72 valence electrons. The first-order valence-electron chi connectivity index (χ1n) is 3.65. The number of aliphatic hydroxyl groups excluding tert-OH is 3. The van der Waals surface area contributed by atoms with E-state index in [-0.39, 0.29) is 13.1 Å². The predicted octanol–water partition coefficient (Wildman–Crippen LogP) is -1.30. The molecule has 6 heteroatoms. The Labute approximate surface area is 70.4 Å². The van der Waals surface area contributed by atoms with Crippen LogP contribution in [0.25, 0.3) is 0 Å². The van der Waals surface area contributed by atoms with Gasteiger partial charge < -0.3 is 15.3 Å². The van der Waals surface area contributed by atoms with Crippen molar-refractivity contribution >= 4 is 0 Å². The summed E-state index contributed by atoms with van der Waals surface area (Å²) in [7, 11) is 0. The third-order valence-electron chi connectivity index (χ3n) is 1.22. The summed E-state index contributed by atoms with van der Waals surface area (Å²) in [6, 6.07) is 0. The van der Waals surface area contributed by atoms with Gasteiger partial charge >= 0.3 is 0 Å². The van der Waals surface area contributed by atoms with Crippen LogP contribution in [0.4, 0.5) is 0 Å². The molecule has 0 amide bonds. The van der Waals surface area contributed by atoms with Crippen molar-refractivity contribution in [3.05, 3.63) is 4.91 Å². The Morgan fingerprint density at radius 3 is 2.33 bits per heavy atom. The van der Waals surface area contributed by atoms with Crippen molar-refractivity contribution in [2.24, 2.45) is 5.29 Å². The maximum absolute atomic E-state index is 10.1. The Kier molecular flexibility index (Phi) is 5.52. The van der Waals surface area contributed by atoms with Crippen LogP contribution in [-0.2, 0) is 0 Å². The van der Waals surface area contributed by atoms with Crippen molar-refractivity contribution in [1.82, 2.24) is 5.01 Å². The average molecular weight is 178 g/mol. The Bertz CT molecular complexity index is 131. The predicted molar refractivity (Wildman–Crippen MR) is 42.1 cm³/mol. The van der Waals surface area contributed by atoms with Crippen LogP contribution in [0.1, 0.15) is 6.92 Å². The van der Waals surface area contributed by atoms with Crippen LogP contribution < -0.4 is 0 Å². The second kappa shape index (κ2) is 5.87. The zero-order chi connectivity index (χ0) is 9.56. The first kappa shape index (κ1) is 11.3. The Hall–Kier alpha value is -0.720. The van der Waals surface area contributed by atoms with Gasteiger partial charge in [-0.15, -0.1) is 4.91 Å². The third kappa shape index (κ3) is 5.00. The highest BCUT2D eigenvalue weighted by Crippen LogP contribution is 1.95. The SMILES string of the molecule is CC(O)CN(CC(O)CO)N=O. The molecule has 0 bridgehead atoms. The van der Waals surface area contributed by atoms with E-state index in [2.05, 4.69) is 5.29 Å². The van der Waals surface area contributed by atoms with Gasteiger partial charge in [-0.3, -0.25) is 5.01 Å². The van der Waals surface area contributed by atoms with Gasteiger partial charge in [-0.2, -0.15) is 0 Å². The monoisotopic (exact) mass is 178 g/mol. The molecule has 12 heavy (non-hydrogen) atoms. The molecule has 0 saturated heterocycles. The van der Waals surface area contributed by atoms with Gasteiger partial charge in [0.05, 0.1) is 37.2 Å². The Morgan fingerprint density at radius 1 is 1.42 bits per heavy atom. The fraction of sp³-hybridized carbons (Fsp3) is 1.00. The van der Waals surface area contributed by atoms with Gasteiger partial charge in [0.1, 0.15) is 0 Å². The molecule has 0 aromatic carbocycles. The smallest absolute Gasteiger partial charge is 0.0963 e. The molecule has 0 rings (SSSR count). The molecule has 0 aliphatic rings. The Balaban J connectivity index is 3.74. The van der Waals surface area contributed by atoms with Crippen LogP contribution in [-0.4, -0.2) is 52.2 Å². The van der Waals surface area contributed by atoms with Crippen molar-refractivity contribution in [3.8, 4) is 0 Å². The molecular weight excluding hydrogens is 164 g/mol. The zero-order valence-electron chi connectivity index (χ0n) is 6.92. The van der Waals surface area contributed by atoms with Crippen LogP contribution >= 0.6 is 0 Å². The summed E-state index contributed by atoms with van der Waals surface area (Å²) in [6.45, 7) is 1.07. The third-order valence-corrected chi connectivity index (χ3v) is 1.22. The lowest BCUT2D eigenvalue weighted by Gasteiger charge is -2.18. The maximum atomic E-state index is 10.1.